The molecule has 0 aliphatic carbocycles. The van der Waals surface area contributed by atoms with Crippen molar-refractivity contribution >= 4 is 32.0 Å². The number of benzene rings is 1. The number of nitrogens with zero attached hydrogens (tertiary/aromatic N) is 4. The highest BCUT2D eigenvalue weighted by Crippen LogP contribution is 2.35. The number of phosphoric acid groups is 1. The lowest BCUT2D eigenvalue weighted by Crippen LogP contribution is -2.36. The Morgan fingerprint density at radius 3 is 2.53 bits per heavy atom. The van der Waals surface area contributed by atoms with Crippen LogP contribution in [0.25, 0.3) is 11.3 Å². The average molecular weight is 440 g/mol. The van der Waals surface area contributed by atoms with E-state index < -0.39 is 31.9 Å². The molecule has 14 heteroatoms. The fraction of sp³-hybridized carbons (Fsp3) is 0.188. The van der Waals surface area contributed by atoms with Crippen LogP contribution in [0.15, 0.2) is 45.9 Å². The molecule has 2 amide bonds. The monoisotopic (exact) mass is 440 g/mol. The summed E-state index contributed by atoms with van der Waals surface area (Å²) in [5, 5.41) is 15.2. The number of carbonyl (C=O) groups excluding carboxylic acids is 2. The molecule has 30 heavy (non-hydrogen) atoms. The molecule has 2 rings (SSSR count). The van der Waals surface area contributed by atoms with E-state index in [0.717, 1.165) is 9.91 Å². The highest BCUT2D eigenvalue weighted by Gasteiger charge is 2.19. The normalized spacial score (nSPS) is 11.4. The van der Waals surface area contributed by atoms with Crippen LogP contribution in [0.4, 0.5) is 5.69 Å². The van der Waals surface area contributed by atoms with Crippen LogP contribution in [-0.2, 0) is 18.7 Å². The number of carbonyl (C=O) groups is 2. The smallest absolute Gasteiger partial charge is 0.455 e. The number of phosphoric ester groups is 1. The highest BCUT2D eigenvalue weighted by molar-refractivity contribution is 7.46. The van der Waals surface area contributed by atoms with E-state index in [0.29, 0.717) is 11.3 Å². The van der Waals surface area contributed by atoms with Crippen LogP contribution < -0.4 is 0 Å². The number of furan rings is 1. The topological polar surface area (TPSA) is 176 Å². The molecule has 2 aromatic rings. The van der Waals surface area contributed by atoms with E-state index in [9.17, 15) is 24.3 Å². The van der Waals surface area contributed by atoms with Gasteiger partial charge in [-0.3, -0.25) is 24.2 Å². The zero-order chi connectivity index (χ0) is 22.3. The predicted molar refractivity (Wildman–Crippen MR) is 102 cm³/mol. The second-order valence-corrected chi connectivity index (χ2v) is 7.03. The minimum Gasteiger partial charge on any atom is -0.455 e. The second-order valence-electron chi connectivity index (χ2n) is 5.79. The Morgan fingerprint density at radius 1 is 1.30 bits per heavy atom. The molecule has 160 valence electrons. The number of nitro benzene ring substituents is 1. The number of non-ortho nitro benzene ring substituents is 1. The fourth-order valence-electron chi connectivity index (χ4n) is 2.05. The number of likely N-dealkylation sites (N-methyl/N-ethyl adjacent to an activating group) is 1. The first-order valence-electron chi connectivity index (χ1n) is 8.13. The number of amides is 2. The lowest BCUT2D eigenvalue weighted by Gasteiger charge is -2.19. The van der Waals surface area contributed by atoms with Gasteiger partial charge < -0.3 is 19.1 Å². The molecule has 0 atom stereocenters. The van der Waals surface area contributed by atoms with Crippen molar-refractivity contribution in [1.82, 2.24) is 9.91 Å². The quantitative estimate of drug-likeness (QED) is 0.137. The molecule has 0 saturated heterocycles. The van der Waals surface area contributed by atoms with Crippen molar-refractivity contribution in [3.05, 3.63) is 52.3 Å². The maximum Gasteiger partial charge on any atom is 0.471 e. The van der Waals surface area contributed by atoms with Gasteiger partial charge in [-0.2, -0.15) is 5.10 Å². The van der Waals surface area contributed by atoms with E-state index in [-0.39, 0.29) is 17.9 Å². The molecule has 0 saturated carbocycles. The van der Waals surface area contributed by atoms with Crippen LogP contribution in [0.3, 0.4) is 0 Å². The molecule has 2 N–H and O–H groups in total. The van der Waals surface area contributed by atoms with Gasteiger partial charge in [0, 0.05) is 24.7 Å². The lowest BCUT2D eigenvalue weighted by molar-refractivity contribution is -0.384. The molecular weight excluding hydrogens is 423 g/mol. The van der Waals surface area contributed by atoms with Crippen molar-refractivity contribution in [3.8, 4) is 11.3 Å². The summed E-state index contributed by atoms with van der Waals surface area (Å²) in [6.07, 6.45) is 1.47. The first-order chi connectivity index (χ1) is 14.1. The third-order valence-electron chi connectivity index (χ3n) is 3.59. The SMILES string of the molecule is CN(COP(=O)(O)O)C(=O)CN(C=O)/N=C/c1ccc(-c2ccc([N+](=O)[O-])cc2)o1. The first kappa shape index (κ1) is 22.9. The van der Waals surface area contributed by atoms with Gasteiger partial charge in [0.1, 0.15) is 24.8 Å². The molecule has 13 nitrogen and oxygen atoms in total. The zero-order valence-corrected chi connectivity index (χ0v) is 16.4. The minimum atomic E-state index is -4.74. The van der Waals surface area contributed by atoms with Gasteiger partial charge in [0.25, 0.3) is 5.69 Å². The lowest BCUT2D eigenvalue weighted by atomic mass is 10.1. The Morgan fingerprint density at radius 2 is 1.97 bits per heavy atom. The van der Waals surface area contributed by atoms with Crippen molar-refractivity contribution in [3.63, 3.8) is 0 Å². The Kier molecular flexibility index (Phi) is 7.55. The Balaban J connectivity index is 1.98. The molecule has 0 fully saturated rings. The van der Waals surface area contributed by atoms with Crippen LogP contribution in [0.1, 0.15) is 5.76 Å². The van der Waals surface area contributed by atoms with Crippen molar-refractivity contribution in [2.75, 3.05) is 20.3 Å². The zero-order valence-electron chi connectivity index (χ0n) is 15.5. The fourth-order valence-corrected chi connectivity index (χ4v) is 2.38. The summed E-state index contributed by atoms with van der Waals surface area (Å²) in [7, 11) is -3.51. The van der Waals surface area contributed by atoms with Crippen LogP contribution in [0.5, 0.6) is 0 Å². The van der Waals surface area contributed by atoms with Crippen LogP contribution in [0, 0.1) is 10.1 Å². The van der Waals surface area contributed by atoms with Crippen LogP contribution >= 0.6 is 7.82 Å². The Labute approximate surface area is 169 Å². The van der Waals surface area contributed by atoms with E-state index >= 15 is 0 Å². The van der Waals surface area contributed by atoms with Gasteiger partial charge in [-0.05, 0) is 24.3 Å². The van der Waals surface area contributed by atoms with Crippen molar-refractivity contribution in [2.24, 2.45) is 5.10 Å². The maximum atomic E-state index is 12.0. The third-order valence-corrected chi connectivity index (χ3v) is 4.04. The summed E-state index contributed by atoms with van der Waals surface area (Å²) < 4.78 is 20.4. The minimum absolute atomic E-state index is 0.0606. The molecule has 0 unspecified atom stereocenters. The van der Waals surface area contributed by atoms with Gasteiger partial charge in [0.15, 0.2) is 0 Å². The average Bonchev–Trinajstić information content (AvgIpc) is 3.17. The summed E-state index contributed by atoms with van der Waals surface area (Å²) in [4.78, 5) is 51.4. The van der Waals surface area contributed by atoms with Crippen molar-refractivity contribution in [1.29, 1.82) is 0 Å². The Bertz CT molecular complexity index is 983. The van der Waals surface area contributed by atoms with Crippen molar-refractivity contribution < 1.29 is 37.8 Å². The number of hydrogen-bond acceptors (Lipinski definition) is 8. The molecule has 0 aliphatic rings. The summed E-state index contributed by atoms with van der Waals surface area (Å²) in [6, 6.07) is 8.85. The van der Waals surface area contributed by atoms with Crippen LogP contribution in [0.2, 0.25) is 0 Å². The number of rotatable bonds is 10. The van der Waals surface area contributed by atoms with Gasteiger partial charge in [0.05, 0.1) is 11.1 Å². The van der Waals surface area contributed by atoms with E-state index in [1.165, 1.54) is 37.5 Å². The molecule has 1 heterocycles. The summed E-state index contributed by atoms with van der Waals surface area (Å²) >= 11 is 0. The van der Waals surface area contributed by atoms with E-state index in [2.05, 4.69) is 9.63 Å². The third kappa shape index (κ3) is 6.90. The van der Waals surface area contributed by atoms with Gasteiger partial charge in [0.2, 0.25) is 12.3 Å². The molecule has 0 radical (unpaired) electrons. The van der Waals surface area contributed by atoms with Gasteiger partial charge in [-0.25, -0.2) is 9.57 Å². The van der Waals surface area contributed by atoms with E-state index in [1.54, 1.807) is 12.1 Å². The number of nitro groups is 1. The molecular formula is C16H17N4O9P. The summed E-state index contributed by atoms with van der Waals surface area (Å²) in [5.41, 5.74) is 0.531. The van der Waals surface area contributed by atoms with Gasteiger partial charge >= 0.3 is 7.82 Å². The maximum absolute atomic E-state index is 12.0. The standard InChI is InChI=1S/C16H17N4O9P/c1-18(11-28-30(25,26)27)16(22)9-19(10-21)17-8-14-6-7-15(29-14)12-2-4-13(5-3-12)20(23)24/h2-8,10H,9,11H2,1H3,(H2,25,26,27)/b17-8+. The largest absolute Gasteiger partial charge is 0.471 e. The molecule has 1 aromatic carbocycles. The number of hydrazone groups is 1. The van der Waals surface area contributed by atoms with Gasteiger partial charge in [-0.1, -0.05) is 0 Å². The molecule has 0 aliphatic heterocycles. The highest BCUT2D eigenvalue weighted by atomic mass is 31.2. The Hall–Kier alpha value is -3.38. The summed E-state index contributed by atoms with van der Waals surface area (Å²) in [6.45, 7) is -1.17. The second kappa shape index (κ2) is 9.89. The van der Waals surface area contributed by atoms with Crippen molar-refractivity contribution in [2.45, 2.75) is 0 Å². The van der Waals surface area contributed by atoms with E-state index in [1.807, 2.05) is 0 Å². The molecule has 1 aromatic heterocycles. The van der Waals surface area contributed by atoms with E-state index in [4.69, 9.17) is 14.2 Å². The molecule has 0 spiro atoms. The summed E-state index contributed by atoms with van der Waals surface area (Å²) in [5.74, 6) is -0.0195. The van der Waals surface area contributed by atoms with Crippen LogP contribution in [-0.4, -0.2) is 63.5 Å². The van der Waals surface area contributed by atoms with Gasteiger partial charge in [-0.15, -0.1) is 0 Å². The predicted octanol–water partition coefficient (Wildman–Crippen LogP) is 1.17. The number of hydrogen-bond donors (Lipinski definition) is 2. The first-order valence-corrected chi connectivity index (χ1v) is 9.66. The molecule has 0 bridgehead atoms.